The fourth-order valence-corrected chi connectivity index (χ4v) is 2.73. The Balaban J connectivity index is 2.13. The van der Waals surface area contributed by atoms with Gasteiger partial charge < -0.3 is 5.32 Å². The van der Waals surface area contributed by atoms with Gasteiger partial charge in [-0.2, -0.15) is 4.39 Å². The van der Waals surface area contributed by atoms with Crippen LogP contribution in [0.2, 0.25) is 0 Å². The topological polar surface area (TPSA) is 24.9 Å². The van der Waals surface area contributed by atoms with Crippen LogP contribution in [0.1, 0.15) is 24.0 Å². The van der Waals surface area contributed by atoms with Crippen LogP contribution >= 0.6 is 0 Å². The number of aromatic nitrogens is 1. The zero-order valence-electron chi connectivity index (χ0n) is 11.6. The molecule has 1 aliphatic rings. The predicted molar refractivity (Wildman–Crippen MR) is 78.7 cm³/mol. The van der Waals surface area contributed by atoms with Gasteiger partial charge in [0.15, 0.2) is 0 Å². The first-order chi connectivity index (χ1) is 10.2. The van der Waals surface area contributed by atoms with Crippen molar-refractivity contribution in [3.8, 4) is 0 Å². The first kappa shape index (κ1) is 13.9. The minimum absolute atomic E-state index is 0.269. The van der Waals surface area contributed by atoms with E-state index < -0.39 is 5.95 Å². The molecule has 0 amide bonds. The molecule has 0 aliphatic carbocycles. The minimum atomic E-state index is -0.498. The maximum absolute atomic E-state index is 13.5. The highest BCUT2D eigenvalue weighted by atomic mass is 19.1. The molecule has 0 unspecified atom stereocenters. The molecule has 2 heterocycles. The van der Waals surface area contributed by atoms with E-state index in [4.69, 9.17) is 0 Å². The Kier molecular flexibility index (Phi) is 4.06. The Hall–Kier alpha value is -2.07. The summed E-state index contributed by atoms with van der Waals surface area (Å²) in [6.07, 6.45) is 3.29. The fourth-order valence-electron chi connectivity index (χ4n) is 2.73. The molecule has 4 heteroatoms. The van der Waals surface area contributed by atoms with Crippen LogP contribution < -0.4 is 5.32 Å². The van der Waals surface area contributed by atoms with Gasteiger partial charge in [-0.25, -0.2) is 9.37 Å². The maximum atomic E-state index is 13.5. The molecule has 0 spiro atoms. The highest BCUT2D eigenvalue weighted by Crippen LogP contribution is 2.31. The summed E-state index contributed by atoms with van der Waals surface area (Å²) in [6, 6.07) is 9.61. The molecule has 0 saturated carbocycles. The summed E-state index contributed by atoms with van der Waals surface area (Å²) in [5.41, 5.74) is 3.98. The molecular formula is C17H16F2N2. The predicted octanol–water partition coefficient (Wildman–Crippen LogP) is 3.55. The van der Waals surface area contributed by atoms with E-state index in [1.165, 1.54) is 30.0 Å². The van der Waals surface area contributed by atoms with Gasteiger partial charge in [0.05, 0.1) is 0 Å². The van der Waals surface area contributed by atoms with Crippen LogP contribution in [0.4, 0.5) is 8.78 Å². The summed E-state index contributed by atoms with van der Waals surface area (Å²) in [6.45, 7) is 1.82. The third-order valence-corrected chi connectivity index (χ3v) is 3.71. The molecule has 3 rings (SSSR count). The molecule has 2 aromatic rings. The summed E-state index contributed by atoms with van der Waals surface area (Å²) in [5, 5.41) is 3.31. The van der Waals surface area contributed by atoms with E-state index in [0.29, 0.717) is 0 Å². The Labute approximate surface area is 122 Å². The van der Waals surface area contributed by atoms with E-state index in [9.17, 15) is 8.78 Å². The Bertz CT molecular complexity index is 655. The number of rotatable bonds is 2. The second-order valence-corrected chi connectivity index (χ2v) is 5.10. The van der Waals surface area contributed by atoms with Crippen LogP contribution in [0.3, 0.4) is 0 Å². The number of nitrogens with one attached hydrogen (secondary N) is 1. The summed E-state index contributed by atoms with van der Waals surface area (Å²) >= 11 is 0. The number of hydrogen-bond acceptors (Lipinski definition) is 2. The molecule has 0 atom stereocenters. The molecule has 1 saturated heterocycles. The zero-order chi connectivity index (χ0) is 14.7. The van der Waals surface area contributed by atoms with Crippen molar-refractivity contribution in [2.24, 2.45) is 0 Å². The molecule has 0 bridgehead atoms. The zero-order valence-corrected chi connectivity index (χ0v) is 11.6. The van der Waals surface area contributed by atoms with E-state index in [1.807, 2.05) is 0 Å². The SMILES string of the molecule is Fc1ccc(C(=C2CCNCC2)c2ccnc(F)c2)cc1. The fraction of sp³-hybridized carbons (Fsp3) is 0.235. The standard InChI is InChI=1S/C17H16F2N2/c18-15-3-1-12(2-4-15)17(13-5-8-20-9-6-13)14-7-10-21-16(19)11-14/h1-4,7,10-11,20H,5-6,8-9H2. The molecule has 21 heavy (non-hydrogen) atoms. The van der Waals surface area contributed by atoms with Crippen molar-refractivity contribution in [3.05, 3.63) is 71.1 Å². The van der Waals surface area contributed by atoms with Crippen molar-refractivity contribution >= 4 is 5.57 Å². The van der Waals surface area contributed by atoms with Gasteiger partial charge in [0.2, 0.25) is 5.95 Å². The van der Waals surface area contributed by atoms with Crippen LogP contribution in [0.25, 0.3) is 5.57 Å². The average molecular weight is 286 g/mol. The number of pyridine rings is 1. The lowest BCUT2D eigenvalue weighted by Gasteiger charge is -2.21. The van der Waals surface area contributed by atoms with E-state index >= 15 is 0 Å². The summed E-state index contributed by atoms with van der Waals surface area (Å²) < 4.78 is 26.6. The van der Waals surface area contributed by atoms with Gasteiger partial charge in [-0.3, -0.25) is 0 Å². The number of hydrogen-bond donors (Lipinski definition) is 1. The second kappa shape index (κ2) is 6.14. The molecule has 1 N–H and O–H groups in total. The van der Waals surface area contributed by atoms with Crippen LogP contribution in [0.15, 0.2) is 48.2 Å². The highest BCUT2D eigenvalue weighted by molar-refractivity contribution is 5.82. The third kappa shape index (κ3) is 3.16. The first-order valence-corrected chi connectivity index (χ1v) is 7.04. The molecule has 1 aromatic heterocycles. The Morgan fingerprint density at radius 3 is 2.33 bits per heavy atom. The first-order valence-electron chi connectivity index (χ1n) is 7.04. The summed E-state index contributed by atoms with van der Waals surface area (Å²) in [7, 11) is 0. The lowest BCUT2D eigenvalue weighted by Crippen LogP contribution is -2.23. The van der Waals surface area contributed by atoms with Crippen LogP contribution in [0.5, 0.6) is 0 Å². The molecule has 108 valence electrons. The molecule has 1 aliphatic heterocycles. The van der Waals surface area contributed by atoms with Gasteiger partial charge in [0, 0.05) is 12.3 Å². The van der Waals surface area contributed by atoms with Gasteiger partial charge in [0.25, 0.3) is 0 Å². The number of nitrogens with zero attached hydrogens (tertiary/aromatic N) is 1. The van der Waals surface area contributed by atoms with E-state index in [-0.39, 0.29) is 5.82 Å². The lowest BCUT2D eigenvalue weighted by molar-refractivity contribution is 0.583. The van der Waals surface area contributed by atoms with Crippen LogP contribution in [-0.2, 0) is 0 Å². The highest BCUT2D eigenvalue weighted by Gasteiger charge is 2.15. The van der Waals surface area contributed by atoms with Crippen molar-refractivity contribution in [2.75, 3.05) is 13.1 Å². The molecule has 2 nitrogen and oxygen atoms in total. The van der Waals surface area contributed by atoms with Crippen molar-refractivity contribution in [1.82, 2.24) is 10.3 Å². The minimum Gasteiger partial charge on any atom is -0.316 e. The van der Waals surface area contributed by atoms with Gasteiger partial charge in [-0.15, -0.1) is 0 Å². The summed E-state index contributed by atoms with van der Waals surface area (Å²) in [4.78, 5) is 3.61. The Morgan fingerprint density at radius 1 is 0.952 bits per heavy atom. The second-order valence-electron chi connectivity index (χ2n) is 5.10. The van der Waals surface area contributed by atoms with Gasteiger partial charge in [-0.05, 0) is 60.8 Å². The van der Waals surface area contributed by atoms with Gasteiger partial charge >= 0.3 is 0 Å². The quantitative estimate of drug-likeness (QED) is 0.854. The number of piperidine rings is 1. The largest absolute Gasteiger partial charge is 0.316 e. The smallest absolute Gasteiger partial charge is 0.213 e. The van der Waals surface area contributed by atoms with Crippen LogP contribution in [-0.4, -0.2) is 18.1 Å². The van der Waals surface area contributed by atoms with E-state index in [1.54, 1.807) is 18.2 Å². The van der Waals surface area contributed by atoms with Crippen LogP contribution in [0, 0.1) is 11.8 Å². The van der Waals surface area contributed by atoms with Crippen molar-refractivity contribution in [1.29, 1.82) is 0 Å². The summed E-state index contributed by atoms with van der Waals surface area (Å²) in [5.74, 6) is -0.768. The molecule has 1 aromatic carbocycles. The molecule has 1 fully saturated rings. The maximum Gasteiger partial charge on any atom is 0.213 e. The van der Waals surface area contributed by atoms with E-state index in [0.717, 1.165) is 42.6 Å². The molecular weight excluding hydrogens is 270 g/mol. The lowest BCUT2D eigenvalue weighted by atomic mass is 9.89. The molecule has 0 radical (unpaired) electrons. The Morgan fingerprint density at radius 2 is 1.67 bits per heavy atom. The van der Waals surface area contributed by atoms with Crippen molar-refractivity contribution < 1.29 is 8.78 Å². The average Bonchev–Trinajstić information content (AvgIpc) is 2.51. The van der Waals surface area contributed by atoms with Gasteiger partial charge in [-0.1, -0.05) is 17.7 Å². The van der Waals surface area contributed by atoms with Crippen molar-refractivity contribution in [3.63, 3.8) is 0 Å². The number of benzene rings is 1. The normalized spacial score (nSPS) is 15.0. The third-order valence-electron chi connectivity index (χ3n) is 3.71. The monoisotopic (exact) mass is 286 g/mol. The van der Waals surface area contributed by atoms with E-state index in [2.05, 4.69) is 10.3 Å². The number of halogens is 2. The van der Waals surface area contributed by atoms with Crippen molar-refractivity contribution in [2.45, 2.75) is 12.8 Å². The van der Waals surface area contributed by atoms with Gasteiger partial charge in [0.1, 0.15) is 5.82 Å².